The van der Waals surface area contributed by atoms with Gasteiger partial charge in [-0.25, -0.2) is 4.39 Å². The molecular weight excluding hydrogens is 181 g/mol. The summed E-state index contributed by atoms with van der Waals surface area (Å²) in [4.78, 5) is 2.15. The van der Waals surface area contributed by atoms with Gasteiger partial charge >= 0.3 is 0 Å². The number of hydrogen-bond donors (Lipinski definition) is 0. The summed E-state index contributed by atoms with van der Waals surface area (Å²) < 4.78 is 18.6. The fraction of sp³-hybridized carbons (Fsp3) is 0.364. The molecule has 1 aliphatic heterocycles. The highest BCUT2D eigenvalue weighted by Crippen LogP contribution is 2.24. The Bertz CT molecular complexity index is 323. The Morgan fingerprint density at radius 3 is 2.79 bits per heavy atom. The van der Waals surface area contributed by atoms with Crippen LogP contribution in [0.15, 0.2) is 18.2 Å². The maximum Gasteiger partial charge on any atom is 0.131 e. The largest absolute Gasteiger partial charge is 0.496 e. The number of hydrogen-bond acceptors (Lipinski definition) is 2. The fourth-order valence-corrected chi connectivity index (χ4v) is 1.55. The van der Waals surface area contributed by atoms with Crippen molar-refractivity contribution in [1.29, 1.82) is 0 Å². The van der Waals surface area contributed by atoms with Crippen LogP contribution in [-0.2, 0) is 6.54 Å². The van der Waals surface area contributed by atoms with Gasteiger partial charge in [-0.15, -0.1) is 0 Å². The number of likely N-dealkylation sites (tertiary alicyclic amines) is 1. The second-order valence-corrected chi connectivity index (χ2v) is 3.40. The fourth-order valence-electron chi connectivity index (χ4n) is 1.55. The number of nitrogens with zero attached hydrogens (tertiary/aromatic N) is 1. The summed E-state index contributed by atoms with van der Waals surface area (Å²) in [6.07, 6.45) is 2.16. The number of halogens is 1. The third-order valence-electron chi connectivity index (χ3n) is 2.45. The van der Waals surface area contributed by atoms with Gasteiger partial charge in [-0.2, -0.15) is 0 Å². The van der Waals surface area contributed by atoms with E-state index in [0.717, 1.165) is 13.1 Å². The average Bonchev–Trinajstić information content (AvgIpc) is 2.12. The van der Waals surface area contributed by atoms with Gasteiger partial charge in [-0.05, 0) is 18.6 Å². The predicted octanol–water partition coefficient (Wildman–Crippen LogP) is 1.85. The van der Waals surface area contributed by atoms with Crippen molar-refractivity contribution in [2.75, 3.05) is 20.2 Å². The molecule has 1 radical (unpaired) electrons. The van der Waals surface area contributed by atoms with E-state index >= 15 is 0 Å². The Hall–Kier alpha value is -1.09. The molecule has 1 aromatic carbocycles. The van der Waals surface area contributed by atoms with E-state index in [1.807, 2.05) is 0 Å². The summed E-state index contributed by atoms with van der Waals surface area (Å²) in [7, 11) is 1.57. The SMILES string of the molecule is COc1cccc(F)c1CN1C[CH]C1. The van der Waals surface area contributed by atoms with Gasteiger partial charge in [0.25, 0.3) is 0 Å². The molecule has 0 unspecified atom stereocenters. The van der Waals surface area contributed by atoms with Crippen molar-refractivity contribution in [2.45, 2.75) is 6.54 Å². The van der Waals surface area contributed by atoms with E-state index in [2.05, 4.69) is 11.3 Å². The van der Waals surface area contributed by atoms with Crippen molar-refractivity contribution in [1.82, 2.24) is 4.90 Å². The third kappa shape index (κ3) is 1.73. The molecule has 3 heteroatoms. The molecule has 2 rings (SSSR count). The second kappa shape index (κ2) is 3.96. The molecule has 1 fully saturated rings. The summed E-state index contributed by atoms with van der Waals surface area (Å²) >= 11 is 0. The first-order chi connectivity index (χ1) is 6.81. The lowest BCUT2D eigenvalue weighted by molar-refractivity contribution is 0.228. The standard InChI is InChI=1S/C11H13FNO/c1-14-11-5-2-4-10(12)9(11)8-13-6-3-7-13/h2-5H,6-8H2,1H3. The minimum absolute atomic E-state index is 0.184. The van der Waals surface area contributed by atoms with E-state index < -0.39 is 0 Å². The maximum absolute atomic E-state index is 13.4. The van der Waals surface area contributed by atoms with Crippen LogP contribution in [0.4, 0.5) is 4.39 Å². The summed E-state index contributed by atoms with van der Waals surface area (Å²) in [6.45, 7) is 2.52. The van der Waals surface area contributed by atoms with Gasteiger partial charge in [0.2, 0.25) is 0 Å². The molecule has 1 saturated heterocycles. The van der Waals surface area contributed by atoms with Crippen LogP contribution < -0.4 is 4.74 Å². The third-order valence-corrected chi connectivity index (χ3v) is 2.45. The first-order valence-corrected chi connectivity index (χ1v) is 4.66. The molecule has 1 aromatic rings. The smallest absolute Gasteiger partial charge is 0.131 e. The second-order valence-electron chi connectivity index (χ2n) is 3.40. The zero-order chi connectivity index (χ0) is 9.97. The van der Waals surface area contributed by atoms with Crippen LogP contribution in [-0.4, -0.2) is 25.1 Å². The van der Waals surface area contributed by atoms with Gasteiger partial charge in [0, 0.05) is 25.2 Å². The van der Waals surface area contributed by atoms with E-state index in [9.17, 15) is 4.39 Å². The zero-order valence-electron chi connectivity index (χ0n) is 8.16. The van der Waals surface area contributed by atoms with Gasteiger partial charge in [-0.1, -0.05) is 6.07 Å². The van der Waals surface area contributed by atoms with Crippen LogP contribution in [0.3, 0.4) is 0 Å². The molecule has 0 spiro atoms. The van der Waals surface area contributed by atoms with Crippen LogP contribution in [0.5, 0.6) is 5.75 Å². The van der Waals surface area contributed by atoms with E-state index in [0.29, 0.717) is 17.9 Å². The molecule has 0 N–H and O–H groups in total. The molecule has 0 aromatic heterocycles. The monoisotopic (exact) mass is 194 g/mol. The van der Waals surface area contributed by atoms with Crippen LogP contribution in [0.25, 0.3) is 0 Å². The van der Waals surface area contributed by atoms with Crippen LogP contribution in [0.1, 0.15) is 5.56 Å². The lowest BCUT2D eigenvalue weighted by atomic mass is 10.1. The first kappa shape index (κ1) is 9.46. The van der Waals surface area contributed by atoms with Crippen LogP contribution >= 0.6 is 0 Å². The van der Waals surface area contributed by atoms with E-state index in [1.54, 1.807) is 19.2 Å². The van der Waals surface area contributed by atoms with E-state index in [1.165, 1.54) is 6.07 Å². The lowest BCUT2D eigenvalue weighted by Gasteiger charge is -2.30. The molecular formula is C11H13FNO. The number of methoxy groups -OCH3 is 1. The van der Waals surface area contributed by atoms with Gasteiger partial charge in [0.15, 0.2) is 0 Å². The highest BCUT2D eigenvalue weighted by atomic mass is 19.1. The Balaban J connectivity index is 2.19. The molecule has 0 aliphatic carbocycles. The van der Waals surface area contributed by atoms with Gasteiger partial charge in [0.05, 0.1) is 7.11 Å². The molecule has 0 amide bonds. The van der Waals surface area contributed by atoms with E-state index in [4.69, 9.17) is 4.74 Å². The Morgan fingerprint density at radius 2 is 2.21 bits per heavy atom. The molecule has 0 saturated carbocycles. The molecule has 0 bridgehead atoms. The number of rotatable bonds is 3. The molecule has 14 heavy (non-hydrogen) atoms. The molecule has 75 valence electrons. The summed E-state index contributed by atoms with van der Waals surface area (Å²) in [6, 6.07) is 4.93. The van der Waals surface area contributed by atoms with Crippen molar-refractivity contribution < 1.29 is 9.13 Å². The van der Waals surface area contributed by atoms with Gasteiger partial charge < -0.3 is 4.74 Å². The topological polar surface area (TPSA) is 12.5 Å². The Kier molecular flexibility index (Phi) is 2.68. The highest BCUT2D eigenvalue weighted by Gasteiger charge is 2.18. The summed E-state index contributed by atoms with van der Waals surface area (Å²) in [5, 5.41) is 0. The quantitative estimate of drug-likeness (QED) is 0.728. The minimum Gasteiger partial charge on any atom is -0.496 e. The predicted molar refractivity (Wildman–Crippen MR) is 52.5 cm³/mol. The van der Waals surface area contributed by atoms with Crippen molar-refractivity contribution in [3.63, 3.8) is 0 Å². The molecule has 0 atom stereocenters. The first-order valence-electron chi connectivity index (χ1n) is 4.66. The lowest BCUT2D eigenvalue weighted by Crippen LogP contribution is -2.37. The zero-order valence-corrected chi connectivity index (χ0v) is 8.16. The van der Waals surface area contributed by atoms with Crippen molar-refractivity contribution in [3.05, 3.63) is 36.0 Å². The van der Waals surface area contributed by atoms with Crippen molar-refractivity contribution >= 4 is 0 Å². The average molecular weight is 194 g/mol. The number of benzene rings is 1. The molecule has 1 aliphatic rings. The van der Waals surface area contributed by atoms with Crippen LogP contribution in [0, 0.1) is 12.2 Å². The summed E-state index contributed by atoms with van der Waals surface area (Å²) in [5.41, 5.74) is 0.656. The minimum atomic E-state index is -0.184. The van der Waals surface area contributed by atoms with E-state index in [-0.39, 0.29) is 5.82 Å². The van der Waals surface area contributed by atoms with Gasteiger partial charge in [-0.3, -0.25) is 4.90 Å². The molecule has 2 nitrogen and oxygen atoms in total. The Labute approximate surface area is 83.3 Å². The number of ether oxygens (including phenoxy) is 1. The summed E-state index contributed by atoms with van der Waals surface area (Å²) in [5.74, 6) is 0.452. The Morgan fingerprint density at radius 1 is 1.43 bits per heavy atom. The van der Waals surface area contributed by atoms with Crippen molar-refractivity contribution in [3.8, 4) is 5.75 Å². The highest BCUT2D eigenvalue weighted by molar-refractivity contribution is 5.34. The van der Waals surface area contributed by atoms with Crippen molar-refractivity contribution in [2.24, 2.45) is 0 Å². The molecule has 1 heterocycles. The normalized spacial score (nSPS) is 16.4. The van der Waals surface area contributed by atoms with Gasteiger partial charge in [0.1, 0.15) is 11.6 Å². The van der Waals surface area contributed by atoms with Crippen LogP contribution in [0.2, 0.25) is 0 Å². The maximum atomic E-state index is 13.4.